The van der Waals surface area contributed by atoms with Crippen LogP contribution in [0.25, 0.3) is 11.2 Å². The molecule has 0 spiro atoms. The molecule has 4 aromatic rings. The van der Waals surface area contributed by atoms with Crippen molar-refractivity contribution in [2.45, 2.75) is 166 Å². The van der Waals surface area contributed by atoms with E-state index in [4.69, 9.17) is 29.7 Å². The first-order valence-corrected chi connectivity index (χ1v) is 25.8. The average Bonchev–Trinajstić information content (AvgIpc) is 3.87. The number of hydrogen-bond acceptors (Lipinski definition) is 11. The summed E-state index contributed by atoms with van der Waals surface area (Å²) in [7, 11) is -4.56. The first kappa shape index (κ1) is 50.9. The number of carbonyl (C=O) groups is 2. The van der Waals surface area contributed by atoms with Gasteiger partial charge < -0.3 is 4.74 Å². The van der Waals surface area contributed by atoms with Crippen molar-refractivity contribution in [3.63, 3.8) is 0 Å². The van der Waals surface area contributed by atoms with Crippen LogP contribution in [-0.2, 0) is 39.3 Å². The summed E-state index contributed by atoms with van der Waals surface area (Å²) in [5.41, 5.74) is -0.505. The molecule has 1 aliphatic heterocycles. The van der Waals surface area contributed by atoms with Crippen LogP contribution in [-0.4, -0.2) is 78.8 Å². The Labute approximate surface area is 386 Å². The molecule has 1 fully saturated rings. The van der Waals surface area contributed by atoms with E-state index in [1.165, 1.54) is 55.8 Å². The molecule has 2 aromatic carbocycles. The molecule has 64 heavy (non-hydrogen) atoms. The van der Waals surface area contributed by atoms with E-state index in [1.807, 2.05) is 44.2 Å². The van der Waals surface area contributed by atoms with E-state index in [1.54, 1.807) is 30.3 Å². The van der Waals surface area contributed by atoms with E-state index in [-0.39, 0.29) is 36.8 Å². The fourth-order valence-corrected chi connectivity index (χ4v) is 10.1. The third-order valence-electron chi connectivity index (χ3n) is 11.3. The van der Waals surface area contributed by atoms with Crippen LogP contribution in [0.15, 0.2) is 67.0 Å². The molecule has 0 radical (unpaired) electrons. The van der Waals surface area contributed by atoms with Gasteiger partial charge in [-0.2, -0.15) is 0 Å². The number of fused-ring (bicyclic) bond motifs is 1. The Morgan fingerprint density at radius 1 is 0.938 bits per heavy atom. The van der Waals surface area contributed by atoms with Gasteiger partial charge in [-0.15, -0.1) is 0 Å². The number of esters is 2. The van der Waals surface area contributed by atoms with Gasteiger partial charge in [-0.05, 0) is 37.0 Å². The number of nitrogens with zero attached hydrogens (tertiary/aromatic N) is 4. The molecule has 13 nitrogen and oxygen atoms in total. The topological polar surface area (TPSA) is 153 Å². The molecule has 3 heterocycles. The summed E-state index contributed by atoms with van der Waals surface area (Å²) in [6.07, 6.45) is 20.0. The number of ether oxygens (including phenoxy) is 3. The molecule has 2 aromatic heterocycles. The predicted molar refractivity (Wildman–Crippen MR) is 248 cm³/mol. The second kappa shape index (κ2) is 26.1. The molecular weight excluding hydrogens is 899 g/mol. The second-order valence-electron chi connectivity index (χ2n) is 16.5. The Hall–Kier alpha value is -4.11. The number of carbonyl (C=O) groups excluding carboxylic acids is 2. The standard InChI is InChI=1S/C48H66AsFN5O8P/c1-5-9-10-11-12-13-14-15-16-17-24-31-42(56)61-40-33-41(55-35-51-43-44(49)52-47(50)53-45(43)55)62-48(40,8-4)34-59-64(58,63-38-29-22-19-23-30-38)54-39(32-36-27-20-18-21-28-36)46(57)60-37(25-6-2)26-7-3/h4,18-23,27-30,35,37,39-41H,5-7,9-17,24-26,31-34,49H2,1-3H3,(H,54,58)/t39?,40?,41?,48?,64-/m0/s1. The van der Waals surface area contributed by atoms with E-state index in [2.05, 4.69) is 32.9 Å². The quantitative estimate of drug-likeness (QED) is 0.0138. The maximum atomic E-state index is 15.2. The van der Waals surface area contributed by atoms with Gasteiger partial charge in [-0.25, -0.2) is 0 Å². The molecule has 348 valence electrons. The molecule has 6 atom stereocenters. The molecule has 0 aliphatic carbocycles. The minimum atomic E-state index is -4.56. The summed E-state index contributed by atoms with van der Waals surface area (Å²) in [6, 6.07) is 16.5. The molecular formula is C48H66AsFN5O8P. The van der Waals surface area contributed by atoms with Crippen molar-refractivity contribution in [1.82, 2.24) is 24.6 Å². The van der Waals surface area contributed by atoms with Crippen molar-refractivity contribution < 1.29 is 41.8 Å². The van der Waals surface area contributed by atoms with Crippen LogP contribution in [0.5, 0.6) is 5.75 Å². The Bertz CT molecular complexity index is 2140. The van der Waals surface area contributed by atoms with Gasteiger partial charge in [-0.1, -0.05) is 140 Å². The number of aromatic nitrogens is 4. The number of para-hydroxylation sites is 1. The van der Waals surface area contributed by atoms with Gasteiger partial charge in [0, 0.05) is 0 Å². The van der Waals surface area contributed by atoms with E-state index in [9.17, 15) is 14.0 Å². The second-order valence-corrected chi connectivity index (χ2v) is 19.3. The number of imidazole rings is 1. The average molecular weight is 966 g/mol. The van der Waals surface area contributed by atoms with Crippen LogP contribution < -0.4 is 14.1 Å². The minimum absolute atomic E-state index is 0.00923. The van der Waals surface area contributed by atoms with Crippen molar-refractivity contribution in [2.75, 3.05) is 6.61 Å². The normalized spacial score (nSPS) is 18.7. The fraction of sp³-hybridized carbons (Fsp3) is 0.562. The van der Waals surface area contributed by atoms with Gasteiger partial charge in [0.2, 0.25) is 0 Å². The third kappa shape index (κ3) is 15.2. The SMILES string of the molecule is C#CC1(CO[P@@](=O)(NC(Cc2ccccc2)C(=O)OC(CCC)CCC)Oc2ccccc2)OC(n2cnc3c([AsH2])nc(F)nc32)CC1OC(=O)CCCCCCCCCCCCC. The van der Waals surface area contributed by atoms with E-state index in [0.717, 1.165) is 54.5 Å². The third-order valence-corrected chi connectivity index (χ3v) is 13.7. The number of unbranched alkanes of at least 4 members (excludes halogenated alkanes) is 10. The molecule has 5 rings (SSSR count). The van der Waals surface area contributed by atoms with Gasteiger partial charge in [0.15, 0.2) is 0 Å². The molecule has 0 amide bonds. The number of hydrogen-bond donors (Lipinski definition) is 1. The first-order chi connectivity index (χ1) is 31.0. The Kier molecular flexibility index (Phi) is 20.8. The van der Waals surface area contributed by atoms with Gasteiger partial charge in [-0.3, -0.25) is 4.79 Å². The van der Waals surface area contributed by atoms with Crippen LogP contribution >= 0.6 is 7.75 Å². The van der Waals surface area contributed by atoms with E-state index in [0.29, 0.717) is 29.3 Å². The van der Waals surface area contributed by atoms with E-state index >= 15 is 4.57 Å². The van der Waals surface area contributed by atoms with Crippen LogP contribution in [0.3, 0.4) is 0 Å². The van der Waals surface area contributed by atoms with Crippen molar-refractivity contribution in [2.24, 2.45) is 0 Å². The van der Waals surface area contributed by atoms with Gasteiger partial charge in [0.1, 0.15) is 6.10 Å². The van der Waals surface area contributed by atoms with E-state index < -0.39 is 56.3 Å². The van der Waals surface area contributed by atoms with Crippen molar-refractivity contribution in [3.8, 4) is 18.1 Å². The molecule has 5 unspecified atom stereocenters. The zero-order valence-corrected chi connectivity index (χ0v) is 40.9. The molecule has 1 N–H and O–H groups in total. The van der Waals surface area contributed by atoms with Crippen LogP contribution in [0.4, 0.5) is 4.39 Å². The molecule has 1 saturated heterocycles. The molecule has 0 bridgehead atoms. The van der Waals surface area contributed by atoms with Crippen molar-refractivity contribution in [1.29, 1.82) is 0 Å². The predicted octanol–water partition coefficient (Wildman–Crippen LogP) is 9.04. The molecule has 16 heteroatoms. The number of nitrogens with one attached hydrogen (secondary N) is 1. The summed E-state index contributed by atoms with van der Waals surface area (Å²) in [5, 5.41) is 2.91. The van der Waals surface area contributed by atoms with Gasteiger partial charge in [0.05, 0.1) is 0 Å². The monoisotopic (exact) mass is 965 g/mol. The van der Waals surface area contributed by atoms with Crippen LogP contribution in [0, 0.1) is 18.4 Å². The molecule has 1 aliphatic rings. The minimum Gasteiger partial charge on any atom is -0.0654 e. The first-order valence-electron chi connectivity index (χ1n) is 23.0. The summed E-state index contributed by atoms with van der Waals surface area (Å²) in [5.74, 6) is 1.75. The smallest absolute Gasteiger partial charge is 0.0654 e. The Morgan fingerprint density at radius 2 is 1.56 bits per heavy atom. The number of terminal acetylenes is 1. The maximum absolute atomic E-state index is 15.2. The van der Waals surface area contributed by atoms with Gasteiger partial charge in [0.25, 0.3) is 0 Å². The number of benzene rings is 2. The fourth-order valence-electron chi connectivity index (χ4n) is 7.89. The summed E-state index contributed by atoms with van der Waals surface area (Å²) in [4.78, 5) is 39.9. The van der Waals surface area contributed by atoms with Crippen molar-refractivity contribution in [3.05, 3.63) is 78.6 Å². The Morgan fingerprint density at radius 3 is 2.19 bits per heavy atom. The summed E-state index contributed by atoms with van der Waals surface area (Å²) in [6.45, 7) is 5.66. The number of rotatable bonds is 29. The van der Waals surface area contributed by atoms with Crippen molar-refractivity contribution >= 4 is 52.2 Å². The number of halogens is 1. The summed E-state index contributed by atoms with van der Waals surface area (Å²) < 4.78 is 62.7. The zero-order chi connectivity index (χ0) is 45.8. The van der Waals surface area contributed by atoms with Crippen LogP contribution in [0.2, 0.25) is 0 Å². The molecule has 0 saturated carbocycles. The Balaban J connectivity index is 1.38. The van der Waals surface area contributed by atoms with Gasteiger partial charge >= 0.3 is 196 Å². The zero-order valence-electron chi connectivity index (χ0n) is 37.6. The van der Waals surface area contributed by atoms with Crippen LogP contribution in [0.1, 0.15) is 142 Å². The summed E-state index contributed by atoms with van der Waals surface area (Å²) >= 11 is 1.07.